The molecule has 0 aliphatic rings. The Bertz CT molecular complexity index is 453. The van der Waals surface area contributed by atoms with Gasteiger partial charge in [0, 0.05) is 6.04 Å². The zero-order valence-corrected chi connectivity index (χ0v) is 11.4. The van der Waals surface area contributed by atoms with Crippen LogP contribution in [0.4, 0.5) is 0 Å². The van der Waals surface area contributed by atoms with Crippen LogP contribution < -0.4 is 10.1 Å². The largest absolute Gasteiger partial charge is 0.497 e. The highest BCUT2D eigenvalue weighted by molar-refractivity contribution is 7.92. The number of benzene rings is 1. The summed E-state index contributed by atoms with van der Waals surface area (Å²) in [5.74, 6) is 0.651. The van der Waals surface area contributed by atoms with Gasteiger partial charge in [-0.25, -0.2) is 8.42 Å². The van der Waals surface area contributed by atoms with E-state index in [4.69, 9.17) is 4.74 Å². The Balaban J connectivity index is 3.04. The molecule has 5 heteroatoms. The Kier molecular flexibility index (Phi) is 4.54. The van der Waals surface area contributed by atoms with Crippen LogP contribution in [0, 0.1) is 0 Å². The summed E-state index contributed by atoms with van der Waals surface area (Å²) < 4.78 is 29.5. The number of nitrogens with one attached hydrogen (secondary N) is 1. The Labute approximate surface area is 103 Å². The molecule has 4 nitrogen and oxygen atoms in total. The Morgan fingerprint density at radius 1 is 1.18 bits per heavy atom. The molecule has 2 unspecified atom stereocenters. The monoisotopic (exact) mass is 257 g/mol. The van der Waals surface area contributed by atoms with Crippen molar-refractivity contribution in [1.82, 2.24) is 5.32 Å². The quantitative estimate of drug-likeness (QED) is 0.868. The Morgan fingerprint density at radius 2 is 1.71 bits per heavy atom. The first kappa shape index (κ1) is 14.0. The molecule has 0 saturated heterocycles. The van der Waals surface area contributed by atoms with Crippen LogP contribution in [0.5, 0.6) is 5.75 Å². The molecule has 1 rings (SSSR count). The van der Waals surface area contributed by atoms with E-state index in [0.29, 0.717) is 10.6 Å². The van der Waals surface area contributed by atoms with Crippen molar-refractivity contribution in [2.24, 2.45) is 0 Å². The van der Waals surface area contributed by atoms with Crippen molar-refractivity contribution in [3.8, 4) is 5.75 Å². The van der Waals surface area contributed by atoms with Gasteiger partial charge in [0.05, 0.1) is 17.3 Å². The van der Waals surface area contributed by atoms with E-state index in [9.17, 15) is 8.42 Å². The standard InChI is InChI=1S/C12H19NO3S/c1-9(13-3)10(2)17(14,15)12-7-5-11(16-4)6-8-12/h5-10,13H,1-4H3. The number of methoxy groups -OCH3 is 1. The lowest BCUT2D eigenvalue weighted by molar-refractivity contribution is 0.414. The first-order valence-electron chi connectivity index (χ1n) is 5.48. The second-order valence-electron chi connectivity index (χ2n) is 4.00. The minimum absolute atomic E-state index is 0.0953. The predicted octanol–water partition coefficient (Wildman–Crippen LogP) is 1.47. The maximum Gasteiger partial charge on any atom is 0.182 e. The molecule has 0 fully saturated rings. The number of ether oxygens (including phenoxy) is 1. The SMILES string of the molecule is CNC(C)C(C)S(=O)(=O)c1ccc(OC)cc1. The molecule has 1 N–H and O–H groups in total. The van der Waals surface area contributed by atoms with Crippen molar-refractivity contribution in [2.45, 2.75) is 30.0 Å². The number of hydrogen-bond acceptors (Lipinski definition) is 4. The van der Waals surface area contributed by atoms with Crippen molar-refractivity contribution in [3.63, 3.8) is 0 Å². The zero-order chi connectivity index (χ0) is 13.1. The van der Waals surface area contributed by atoms with E-state index in [-0.39, 0.29) is 6.04 Å². The van der Waals surface area contributed by atoms with Crippen LogP contribution in [-0.4, -0.2) is 33.9 Å². The highest BCUT2D eigenvalue weighted by Gasteiger charge is 2.27. The summed E-state index contributed by atoms with van der Waals surface area (Å²) in [6.07, 6.45) is 0. The van der Waals surface area contributed by atoms with Gasteiger partial charge in [0.15, 0.2) is 9.84 Å². The van der Waals surface area contributed by atoms with E-state index in [1.807, 2.05) is 6.92 Å². The molecule has 1 aromatic carbocycles. The molecule has 96 valence electrons. The fraction of sp³-hybridized carbons (Fsp3) is 0.500. The third kappa shape index (κ3) is 2.98. The lowest BCUT2D eigenvalue weighted by Gasteiger charge is -2.19. The van der Waals surface area contributed by atoms with Gasteiger partial charge in [0.25, 0.3) is 0 Å². The van der Waals surface area contributed by atoms with E-state index in [0.717, 1.165) is 0 Å². The zero-order valence-electron chi connectivity index (χ0n) is 10.6. The summed E-state index contributed by atoms with van der Waals surface area (Å²) in [5, 5.41) is 2.49. The lowest BCUT2D eigenvalue weighted by Crippen LogP contribution is -2.38. The van der Waals surface area contributed by atoms with Crippen molar-refractivity contribution in [2.75, 3.05) is 14.2 Å². The fourth-order valence-electron chi connectivity index (χ4n) is 1.48. The summed E-state index contributed by atoms with van der Waals surface area (Å²) in [5.41, 5.74) is 0. The number of hydrogen-bond donors (Lipinski definition) is 1. The predicted molar refractivity (Wildman–Crippen MR) is 68.2 cm³/mol. The second-order valence-corrected chi connectivity index (χ2v) is 6.31. The molecule has 0 heterocycles. The second kappa shape index (κ2) is 5.51. The molecule has 0 aliphatic carbocycles. The van der Waals surface area contributed by atoms with Crippen molar-refractivity contribution >= 4 is 9.84 Å². The first-order valence-corrected chi connectivity index (χ1v) is 7.03. The average molecular weight is 257 g/mol. The molecule has 0 aliphatic heterocycles. The maximum absolute atomic E-state index is 12.3. The smallest absolute Gasteiger partial charge is 0.182 e. The molecule has 0 bridgehead atoms. The minimum atomic E-state index is -3.29. The highest BCUT2D eigenvalue weighted by atomic mass is 32.2. The summed E-state index contributed by atoms with van der Waals surface area (Å²) in [6.45, 7) is 3.56. The molecule has 0 radical (unpaired) electrons. The van der Waals surface area contributed by atoms with Crippen molar-refractivity contribution < 1.29 is 13.2 Å². The van der Waals surface area contributed by atoms with Crippen LogP contribution in [0.15, 0.2) is 29.2 Å². The molecular formula is C12H19NO3S. The summed E-state index contributed by atoms with van der Waals surface area (Å²) >= 11 is 0. The molecule has 0 amide bonds. The van der Waals surface area contributed by atoms with Crippen LogP contribution >= 0.6 is 0 Å². The Morgan fingerprint density at radius 3 is 2.12 bits per heavy atom. The van der Waals surface area contributed by atoms with E-state index < -0.39 is 15.1 Å². The highest BCUT2D eigenvalue weighted by Crippen LogP contribution is 2.21. The molecule has 0 aromatic heterocycles. The number of sulfone groups is 1. The average Bonchev–Trinajstić information content (AvgIpc) is 2.36. The summed E-state index contributed by atoms with van der Waals surface area (Å²) in [7, 11) is 0.0121. The first-order chi connectivity index (χ1) is 7.93. The van der Waals surface area contributed by atoms with Crippen LogP contribution in [0.2, 0.25) is 0 Å². The van der Waals surface area contributed by atoms with Crippen LogP contribution in [0.25, 0.3) is 0 Å². The van der Waals surface area contributed by atoms with E-state index in [1.54, 1.807) is 45.3 Å². The molecule has 0 saturated carbocycles. The third-order valence-corrected chi connectivity index (χ3v) is 5.35. The van der Waals surface area contributed by atoms with E-state index in [1.165, 1.54) is 0 Å². The van der Waals surface area contributed by atoms with Gasteiger partial charge in [0.1, 0.15) is 5.75 Å². The van der Waals surface area contributed by atoms with E-state index in [2.05, 4.69) is 5.32 Å². The molecule has 2 atom stereocenters. The van der Waals surface area contributed by atoms with Gasteiger partial charge < -0.3 is 10.1 Å². The van der Waals surface area contributed by atoms with Gasteiger partial charge in [-0.05, 0) is 45.2 Å². The van der Waals surface area contributed by atoms with Gasteiger partial charge >= 0.3 is 0 Å². The van der Waals surface area contributed by atoms with Gasteiger partial charge in [-0.1, -0.05) is 0 Å². The topological polar surface area (TPSA) is 55.4 Å². The number of rotatable bonds is 5. The third-order valence-electron chi connectivity index (χ3n) is 3.04. The van der Waals surface area contributed by atoms with Crippen molar-refractivity contribution in [1.29, 1.82) is 0 Å². The minimum Gasteiger partial charge on any atom is -0.497 e. The summed E-state index contributed by atoms with van der Waals surface area (Å²) in [6, 6.07) is 6.37. The van der Waals surface area contributed by atoms with Crippen LogP contribution in [0.1, 0.15) is 13.8 Å². The molecular weight excluding hydrogens is 238 g/mol. The molecule has 0 spiro atoms. The summed E-state index contributed by atoms with van der Waals surface area (Å²) in [4.78, 5) is 0.327. The normalized spacial score (nSPS) is 15.3. The fourth-order valence-corrected chi connectivity index (χ4v) is 3.10. The van der Waals surface area contributed by atoms with Gasteiger partial charge in [-0.15, -0.1) is 0 Å². The van der Waals surface area contributed by atoms with Gasteiger partial charge in [-0.3, -0.25) is 0 Å². The maximum atomic E-state index is 12.3. The molecule has 17 heavy (non-hydrogen) atoms. The van der Waals surface area contributed by atoms with Gasteiger partial charge in [0.2, 0.25) is 0 Å². The van der Waals surface area contributed by atoms with E-state index >= 15 is 0 Å². The van der Waals surface area contributed by atoms with Crippen LogP contribution in [0.3, 0.4) is 0 Å². The molecule has 1 aromatic rings. The Hall–Kier alpha value is -1.07. The van der Waals surface area contributed by atoms with Gasteiger partial charge in [-0.2, -0.15) is 0 Å². The lowest BCUT2D eigenvalue weighted by atomic mass is 10.3. The van der Waals surface area contributed by atoms with Crippen molar-refractivity contribution in [3.05, 3.63) is 24.3 Å². The van der Waals surface area contributed by atoms with Crippen LogP contribution in [-0.2, 0) is 9.84 Å².